The van der Waals surface area contributed by atoms with Crippen LogP contribution in [-0.4, -0.2) is 18.4 Å². The topological polar surface area (TPSA) is 71.1 Å². The number of rotatable bonds is 10. The molecule has 7 aromatic rings. The number of ether oxygens (including phenoxy) is 4. The van der Waals surface area contributed by atoms with Crippen LogP contribution in [0.15, 0.2) is 206 Å². The number of carbonyl (C=O) groups excluding carboxylic acids is 2. The van der Waals surface area contributed by atoms with Crippen LogP contribution in [0.1, 0.15) is 90.0 Å². The van der Waals surface area contributed by atoms with Gasteiger partial charge in [0.2, 0.25) is 6.79 Å². The summed E-state index contributed by atoms with van der Waals surface area (Å²) >= 11 is 0. The molecule has 322 valence electrons. The summed E-state index contributed by atoms with van der Waals surface area (Å²) in [5, 5.41) is 0. The van der Waals surface area contributed by atoms with Gasteiger partial charge in [0, 0.05) is 11.1 Å². The molecule has 0 radical (unpaired) electrons. The fraction of sp³-hybridized carbons (Fsp3) is 0.200. The minimum atomic E-state index is 0.0614. The average molecular weight is 823 g/mol. The lowest BCUT2D eigenvalue weighted by molar-refractivity contribution is 0.100. The highest BCUT2D eigenvalue weighted by atomic mass is 16.7. The molecule has 0 aliphatic carbocycles. The molecule has 0 bridgehead atoms. The van der Waals surface area contributed by atoms with E-state index in [9.17, 15) is 9.59 Å². The Morgan fingerprint density at radius 1 is 0.295 bits per heavy atom. The summed E-state index contributed by atoms with van der Waals surface area (Å²) < 4.78 is 22.0. The molecule has 61 heavy (non-hydrogen) atoms. The number of hydrogen-bond acceptors (Lipinski definition) is 6. The van der Waals surface area contributed by atoms with Crippen LogP contribution in [0, 0.1) is 0 Å². The molecular formula is C55H66O6. The first kappa shape index (κ1) is 54.1. The highest BCUT2D eigenvalue weighted by Gasteiger charge is 2.01. The first-order valence-electron chi connectivity index (χ1n) is 21.0. The van der Waals surface area contributed by atoms with Gasteiger partial charge in [0.1, 0.15) is 34.5 Å². The van der Waals surface area contributed by atoms with E-state index in [2.05, 4.69) is 0 Å². The van der Waals surface area contributed by atoms with Crippen molar-refractivity contribution in [2.45, 2.75) is 69.2 Å². The molecular weight excluding hydrogens is 757 g/mol. The number of carbonyl (C=O) groups is 2. The number of hydrogen-bond donors (Lipinski definition) is 0. The molecule has 0 unspecified atom stereocenters. The van der Waals surface area contributed by atoms with Gasteiger partial charge in [-0.1, -0.05) is 165 Å². The Kier molecular flexibility index (Phi) is 33.1. The second-order valence-corrected chi connectivity index (χ2v) is 11.2. The van der Waals surface area contributed by atoms with Crippen molar-refractivity contribution in [3.8, 4) is 34.5 Å². The van der Waals surface area contributed by atoms with Gasteiger partial charge in [-0.3, -0.25) is 9.59 Å². The van der Waals surface area contributed by atoms with E-state index in [1.807, 2.05) is 213 Å². The Labute approximate surface area is 366 Å². The predicted molar refractivity (Wildman–Crippen MR) is 257 cm³/mol. The summed E-state index contributed by atoms with van der Waals surface area (Å²) in [6, 6.07) is 64.5. The summed E-state index contributed by atoms with van der Waals surface area (Å²) in [6.07, 6.45) is 0. The summed E-state index contributed by atoms with van der Waals surface area (Å²) in [4.78, 5) is 22.1. The third-order valence-corrected chi connectivity index (χ3v) is 7.08. The summed E-state index contributed by atoms with van der Waals surface area (Å²) in [5.74, 6) is 4.79. The molecule has 0 saturated carbocycles. The fourth-order valence-electron chi connectivity index (χ4n) is 4.35. The van der Waals surface area contributed by atoms with E-state index in [-0.39, 0.29) is 18.4 Å². The zero-order valence-electron chi connectivity index (χ0n) is 37.8. The number of benzene rings is 7. The van der Waals surface area contributed by atoms with Gasteiger partial charge >= 0.3 is 0 Å². The molecule has 0 aliphatic heterocycles. The quantitative estimate of drug-likeness (QED) is 0.101. The zero-order valence-corrected chi connectivity index (χ0v) is 37.8. The summed E-state index contributed by atoms with van der Waals surface area (Å²) in [6.45, 7) is 19.3. The van der Waals surface area contributed by atoms with Crippen molar-refractivity contribution in [3.63, 3.8) is 0 Å². The number of ketones is 2. The molecule has 0 atom stereocenters. The first-order valence-corrected chi connectivity index (χ1v) is 21.0. The summed E-state index contributed by atoms with van der Waals surface area (Å²) in [5.41, 5.74) is 1.39. The second kappa shape index (κ2) is 37.4. The Hall–Kier alpha value is -6.92. The third-order valence-electron chi connectivity index (χ3n) is 7.08. The normalized spacial score (nSPS) is 8.69. The van der Waals surface area contributed by atoms with Gasteiger partial charge in [0.05, 0.1) is 0 Å². The van der Waals surface area contributed by atoms with Crippen LogP contribution in [0.3, 0.4) is 0 Å². The minimum absolute atomic E-state index is 0.0614. The maximum atomic E-state index is 11.1. The Balaban J connectivity index is 0.000000768. The van der Waals surface area contributed by atoms with Crippen molar-refractivity contribution >= 4 is 11.6 Å². The first-order chi connectivity index (χ1) is 30.0. The smallest absolute Gasteiger partial charge is 0.230 e. The van der Waals surface area contributed by atoms with Crippen LogP contribution in [0.2, 0.25) is 0 Å². The molecule has 0 aromatic heterocycles. The van der Waals surface area contributed by atoms with Crippen molar-refractivity contribution in [2.24, 2.45) is 0 Å². The molecule has 0 fully saturated rings. The monoisotopic (exact) mass is 822 g/mol. The van der Waals surface area contributed by atoms with Crippen molar-refractivity contribution in [1.82, 2.24) is 0 Å². The highest BCUT2D eigenvalue weighted by molar-refractivity contribution is 5.94. The van der Waals surface area contributed by atoms with Gasteiger partial charge in [-0.15, -0.1) is 0 Å². The van der Waals surface area contributed by atoms with Gasteiger partial charge in [-0.25, -0.2) is 0 Å². The Bertz CT molecular complexity index is 1840. The fourth-order valence-corrected chi connectivity index (χ4v) is 4.35. The van der Waals surface area contributed by atoms with E-state index in [0.29, 0.717) is 11.1 Å². The lowest BCUT2D eigenvalue weighted by atomic mass is 10.1. The Morgan fingerprint density at radius 2 is 0.492 bits per heavy atom. The van der Waals surface area contributed by atoms with Crippen LogP contribution in [-0.2, 0) is 0 Å². The highest BCUT2D eigenvalue weighted by Crippen LogP contribution is 2.22. The minimum Gasteiger partial charge on any atom is -0.458 e. The largest absolute Gasteiger partial charge is 0.458 e. The molecule has 0 saturated heterocycles. The van der Waals surface area contributed by atoms with Crippen LogP contribution >= 0.6 is 0 Å². The zero-order chi connectivity index (χ0) is 45.4. The van der Waals surface area contributed by atoms with E-state index in [0.717, 1.165) is 34.5 Å². The van der Waals surface area contributed by atoms with E-state index in [1.165, 1.54) is 0 Å². The Morgan fingerprint density at radius 3 is 0.721 bits per heavy atom. The van der Waals surface area contributed by atoms with Gasteiger partial charge in [0.25, 0.3) is 0 Å². The lowest BCUT2D eigenvalue weighted by Crippen LogP contribution is -2.05. The molecule has 0 aliphatic rings. The maximum Gasteiger partial charge on any atom is 0.230 e. The van der Waals surface area contributed by atoms with Crippen LogP contribution in [0.4, 0.5) is 0 Å². The molecule has 0 amide bonds. The number of para-hydroxylation sites is 4. The predicted octanol–water partition coefficient (Wildman–Crippen LogP) is 16.3. The van der Waals surface area contributed by atoms with Crippen molar-refractivity contribution in [3.05, 3.63) is 217 Å². The second-order valence-electron chi connectivity index (χ2n) is 11.2. The standard InChI is InChI=1S/2C14H12O2.C13H12O2.C6H6.4C2H6/c2*1-11(15)12-7-9-14(10-8-12)16-13-5-3-2-4-6-13;1-3-7-12(8-4-1)14-11-15-13-9-5-2-6-10-13;1-2-4-6-5-3-1;4*1-2/h2*2-10H,1H3;1-10H,11H2;1-6H;4*1-2H3. The lowest BCUT2D eigenvalue weighted by Gasteiger charge is -2.07. The SMILES string of the molecule is CC.CC.CC.CC.CC(=O)c1ccc(Oc2ccccc2)cc1.CC(=O)c1ccc(Oc2ccccc2)cc1.c1ccc(OCOc2ccccc2)cc1.c1ccccc1. The molecule has 0 N–H and O–H groups in total. The summed E-state index contributed by atoms with van der Waals surface area (Å²) in [7, 11) is 0. The molecule has 7 rings (SSSR count). The van der Waals surface area contributed by atoms with Crippen LogP contribution in [0.5, 0.6) is 34.5 Å². The van der Waals surface area contributed by atoms with Gasteiger partial charge in [0.15, 0.2) is 11.6 Å². The van der Waals surface area contributed by atoms with Crippen molar-refractivity contribution < 1.29 is 28.5 Å². The van der Waals surface area contributed by atoms with Crippen LogP contribution in [0.25, 0.3) is 0 Å². The number of Topliss-reactive ketones (excluding diaryl/α,β-unsaturated/α-hetero) is 2. The average Bonchev–Trinajstić information content (AvgIpc) is 3.34. The molecule has 7 aromatic carbocycles. The van der Waals surface area contributed by atoms with Gasteiger partial charge in [-0.05, 0) is 111 Å². The van der Waals surface area contributed by atoms with Gasteiger partial charge < -0.3 is 18.9 Å². The van der Waals surface area contributed by atoms with E-state index in [4.69, 9.17) is 18.9 Å². The van der Waals surface area contributed by atoms with E-state index in [1.54, 1.807) is 62.4 Å². The van der Waals surface area contributed by atoms with E-state index < -0.39 is 0 Å². The van der Waals surface area contributed by atoms with Gasteiger partial charge in [-0.2, -0.15) is 0 Å². The van der Waals surface area contributed by atoms with Crippen molar-refractivity contribution in [2.75, 3.05) is 6.79 Å². The van der Waals surface area contributed by atoms with Crippen LogP contribution < -0.4 is 18.9 Å². The molecule has 6 nitrogen and oxygen atoms in total. The van der Waals surface area contributed by atoms with E-state index >= 15 is 0 Å². The molecule has 0 spiro atoms. The third kappa shape index (κ3) is 25.9. The maximum absolute atomic E-state index is 11.1. The molecule has 0 heterocycles. The van der Waals surface area contributed by atoms with Crippen molar-refractivity contribution in [1.29, 1.82) is 0 Å². The molecule has 6 heteroatoms.